The van der Waals surface area contributed by atoms with Gasteiger partial charge in [0.15, 0.2) is 0 Å². The zero-order valence-corrected chi connectivity index (χ0v) is 23.4. The number of amides is 1. The summed E-state index contributed by atoms with van der Waals surface area (Å²) in [6.45, 7) is 2.12. The Hall–Kier alpha value is -4.50. The lowest BCUT2D eigenvalue weighted by molar-refractivity contribution is 0.0825. The molecule has 210 valence electrons. The van der Waals surface area contributed by atoms with Gasteiger partial charge in [-0.1, -0.05) is 30.3 Å². The second kappa shape index (κ2) is 11.5. The number of anilines is 2. The Bertz CT molecular complexity index is 1670. The van der Waals surface area contributed by atoms with Gasteiger partial charge in [0, 0.05) is 37.9 Å². The quantitative estimate of drug-likeness (QED) is 0.331. The van der Waals surface area contributed by atoms with Crippen LogP contribution in [0.3, 0.4) is 0 Å². The largest absolute Gasteiger partial charge is 0.489 e. The maximum atomic E-state index is 13.8. The van der Waals surface area contributed by atoms with Crippen LogP contribution in [-0.4, -0.2) is 58.6 Å². The summed E-state index contributed by atoms with van der Waals surface area (Å²) >= 11 is 0. The van der Waals surface area contributed by atoms with E-state index in [0.717, 1.165) is 61.3 Å². The molecule has 4 aromatic rings. The van der Waals surface area contributed by atoms with Crippen LogP contribution >= 0.6 is 0 Å². The van der Waals surface area contributed by atoms with E-state index in [-0.39, 0.29) is 29.7 Å². The molecule has 0 radical (unpaired) electrons. The fourth-order valence-corrected chi connectivity index (χ4v) is 5.48. The van der Waals surface area contributed by atoms with E-state index in [2.05, 4.69) is 27.8 Å². The number of benzene rings is 2. The molecule has 0 spiro atoms. The normalized spacial score (nSPS) is 16.5. The highest BCUT2D eigenvalue weighted by Gasteiger charge is 2.21. The van der Waals surface area contributed by atoms with Crippen LogP contribution in [0.15, 0.2) is 71.7 Å². The number of hydrogen-bond acceptors (Lipinski definition) is 7. The number of aromatic nitrogens is 3. The molecule has 0 saturated carbocycles. The van der Waals surface area contributed by atoms with Gasteiger partial charge < -0.3 is 20.3 Å². The number of hydrogen-bond donors (Lipinski definition) is 2. The number of rotatable bonds is 8. The Morgan fingerprint density at radius 3 is 2.73 bits per heavy atom. The summed E-state index contributed by atoms with van der Waals surface area (Å²) < 4.78 is 7.62. The second-order valence-corrected chi connectivity index (χ2v) is 10.8. The Morgan fingerprint density at radius 2 is 2.00 bits per heavy atom. The molecular weight excluding hydrogens is 516 g/mol. The van der Waals surface area contributed by atoms with Gasteiger partial charge in [-0.25, -0.2) is 4.98 Å². The molecule has 2 aromatic heterocycles. The number of ether oxygens (including phenoxy) is 1. The lowest BCUT2D eigenvalue weighted by Crippen LogP contribution is -2.33. The minimum Gasteiger partial charge on any atom is -0.489 e. The standard InChI is InChI=1S/C32H34N6O3/c1-37(2)30(39)28-17-23-18-34-32(35-24-11-13-25(14-12-24)41-26-15-16-33-19-26)36-29(23)38(31(28)40)20-22-9-5-6-10-27(22)21-7-3-4-8-21/h5-7,9-14,17-18,26,33H,3-4,8,15-16,19-20H2,1-2H3,(H,34,35,36). The molecule has 9 heteroatoms. The number of nitrogens with zero attached hydrogens (tertiary/aromatic N) is 4. The predicted molar refractivity (Wildman–Crippen MR) is 161 cm³/mol. The van der Waals surface area contributed by atoms with Crippen molar-refractivity contribution in [1.82, 2.24) is 24.8 Å². The van der Waals surface area contributed by atoms with Crippen LogP contribution in [0.5, 0.6) is 5.75 Å². The monoisotopic (exact) mass is 550 g/mol. The van der Waals surface area contributed by atoms with Crippen molar-refractivity contribution < 1.29 is 9.53 Å². The van der Waals surface area contributed by atoms with Crippen LogP contribution in [0, 0.1) is 0 Å². The first kappa shape index (κ1) is 26.7. The molecule has 9 nitrogen and oxygen atoms in total. The summed E-state index contributed by atoms with van der Waals surface area (Å²) in [6, 6.07) is 17.4. The van der Waals surface area contributed by atoms with E-state index in [1.807, 2.05) is 42.5 Å². The van der Waals surface area contributed by atoms with E-state index in [0.29, 0.717) is 17.0 Å². The Kier molecular flexibility index (Phi) is 7.52. The number of carbonyl (C=O) groups excluding carboxylic acids is 1. The van der Waals surface area contributed by atoms with Crippen LogP contribution in [0.2, 0.25) is 0 Å². The molecule has 1 saturated heterocycles. The Morgan fingerprint density at radius 1 is 1.17 bits per heavy atom. The highest BCUT2D eigenvalue weighted by molar-refractivity contribution is 5.96. The summed E-state index contributed by atoms with van der Waals surface area (Å²) in [7, 11) is 3.28. The minimum absolute atomic E-state index is 0.0948. The van der Waals surface area contributed by atoms with Gasteiger partial charge in [0.05, 0.1) is 6.54 Å². The molecule has 2 N–H and O–H groups in total. The van der Waals surface area contributed by atoms with Gasteiger partial charge in [-0.2, -0.15) is 4.98 Å². The van der Waals surface area contributed by atoms with Crippen LogP contribution in [0.4, 0.5) is 11.6 Å². The van der Waals surface area contributed by atoms with Crippen molar-refractivity contribution in [3.8, 4) is 5.75 Å². The van der Waals surface area contributed by atoms with Gasteiger partial charge in [-0.15, -0.1) is 0 Å². The zero-order chi connectivity index (χ0) is 28.3. The molecule has 1 aliphatic heterocycles. The smallest absolute Gasteiger partial charge is 0.265 e. The van der Waals surface area contributed by atoms with E-state index in [1.165, 1.54) is 10.5 Å². The molecular formula is C32H34N6O3. The zero-order valence-electron chi connectivity index (χ0n) is 23.4. The van der Waals surface area contributed by atoms with Gasteiger partial charge in [0.25, 0.3) is 11.5 Å². The first-order valence-electron chi connectivity index (χ1n) is 14.1. The van der Waals surface area contributed by atoms with E-state index in [9.17, 15) is 9.59 Å². The fraction of sp³-hybridized carbons (Fsp3) is 0.312. The average molecular weight is 551 g/mol. The average Bonchev–Trinajstić information content (AvgIpc) is 3.70. The molecule has 1 unspecified atom stereocenters. The van der Waals surface area contributed by atoms with E-state index < -0.39 is 0 Å². The molecule has 6 rings (SSSR count). The maximum absolute atomic E-state index is 13.8. The van der Waals surface area contributed by atoms with Gasteiger partial charge in [-0.05, 0) is 79.3 Å². The molecule has 1 atom stereocenters. The number of nitrogens with one attached hydrogen (secondary N) is 2. The van der Waals surface area contributed by atoms with Crippen molar-refractivity contribution in [2.75, 3.05) is 32.5 Å². The highest BCUT2D eigenvalue weighted by Crippen LogP contribution is 2.30. The topological polar surface area (TPSA) is 101 Å². The molecule has 2 aliphatic rings. The van der Waals surface area contributed by atoms with Crippen molar-refractivity contribution in [3.63, 3.8) is 0 Å². The molecule has 2 aromatic carbocycles. The van der Waals surface area contributed by atoms with E-state index in [4.69, 9.17) is 9.72 Å². The van der Waals surface area contributed by atoms with Crippen LogP contribution < -0.4 is 20.9 Å². The van der Waals surface area contributed by atoms with E-state index in [1.54, 1.807) is 30.9 Å². The predicted octanol–water partition coefficient (Wildman–Crippen LogP) is 4.59. The summed E-state index contributed by atoms with van der Waals surface area (Å²) in [6.07, 6.45) is 8.33. The van der Waals surface area contributed by atoms with Gasteiger partial charge in [-0.3, -0.25) is 14.2 Å². The minimum atomic E-state index is -0.376. The van der Waals surface area contributed by atoms with Crippen molar-refractivity contribution in [2.45, 2.75) is 38.3 Å². The number of fused-ring (bicyclic) bond motifs is 1. The second-order valence-electron chi connectivity index (χ2n) is 10.8. The summed E-state index contributed by atoms with van der Waals surface area (Å²) in [4.78, 5) is 37.5. The van der Waals surface area contributed by atoms with Crippen LogP contribution in [0.1, 0.15) is 47.2 Å². The number of carbonyl (C=O) groups is 1. The van der Waals surface area contributed by atoms with Gasteiger partial charge >= 0.3 is 0 Å². The lowest BCUT2D eigenvalue weighted by Gasteiger charge is -2.17. The summed E-state index contributed by atoms with van der Waals surface area (Å²) in [5, 5.41) is 7.17. The van der Waals surface area contributed by atoms with Crippen molar-refractivity contribution in [3.05, 3.63) is 93.9 Å². The highest BCUT2D eigenvalue weighted by atomic mass is 16.5. The van der Waals surface area contributed by atoms with Crippen LogP contribution in [0.25, 0.3) is 16.6 Å². The molecule has 41 heavy (non-hydrogen) atoms. The summed E-state index contributed by atoms with van der Waals surface area (Å²) in [5.41, 5.74) is 4.43. The number of allylic oxidation sites excluding steroid dienone is 2. The van der Waals surface area contributed by atoms with Crippen molar-refractivity contribution in [1.29, 1.82) is 0 Å². The molecule has 1 fully saturated rings. The lowest BCUT2D eigenvalue weighted by atomic mass is 9.99. The summed E-state index contributed by atoms with van der Waals surface area (Å²) in [5.74, 6) is 0.819. The molecule has 3 heterocycles. The first-order chi connectivity index (χ1) is 20.0. The Labute approximate surface area is 238 Å². The third-order valence-electron chi connectivity index (χ3n) is 7.62. The Balaban J connectivity index is 1.36. The maximum Gasteiger partial charge on any atom is 0.265 e. The van der Waals surface area contributed by atoms with Crippen LogP contribution in [-0.2, 0) is 6.54 Å². The van der Waals surface area contributed by atoms with Gasteiger partial charge in [0.1, 0.15) is 23.1 Å². The van der Waals surface area contributed by atoms with E-state index >= 15 is 0 Å². The third-order valence-corrected chi connectivity index (χ3v) is 7.62. The number of pyridine rings is 1. The van der Waals surface area contributed by atoms with Crippen molar-refractivity contribution >= 4 is 34.1 Å². The third kappa shape index (κ3) is 5.71. The van der Waals surface area contributed by atoms with Gasteiger partial charge in [0.2, 0.25) is 5.95 Å². The fourth-order valence-electron chi connectivity index (χ4n) is 5.48. The first-order valence-corrected chi connectivity index (χ1v) is 14.1. The SMILES string of the molecule is CN(C)C(=O)c1cc2cnc(Nc3ccc(OC4CCNC4)cc3)nc2n(Cc2ccccc2C2=CCCC2)c1=O. The van der Waals surface area contributed by atoms with Crippen molar-refractivity contribution in [2.24, 2.45) is 0 Å². The molecule has 1 aliphatic carbocycles. The molecule has 0 bridgehead atoms. The molecule has 1 amide bonds.